The van der Waals surface area contributed by atoms with Crippen molar-refractivity contribution in [3.8, 4) is 0 Å². The van der Waals surface area contributed by atoms with Gasteiger partial charge < -0.3 is 9.88 Å². The van der Waals surface area contributed by atoms with Crippen molar-refractivity contribution >= 4 is 28.4 Å². The van der Waals surface area contributed by atoms with Gasteiger partial charge >= 0.3 is 0 Å². The maximum Gasteiger partial charge on any atom is 0.262 e. The number of carbonyl (C=O) groups is 1. The fourth-order valence-corrected chi connectivity index (χ4v) is 3.46. The molecular weight excluding hydrogens is 340 g/mol. The van der Waals surface area contributed by atoms with E-state index < -0.39 is 0 Å². The van der Waals surface area contributed by atoms with Crippen LogP contribution in [0.4, 0.5) is 5.69 Å². The van der Waals surface area contributed by atoms with E-state index in [9.17, 15) is 9.59 Å². The van der Waals surface area contributed by atoms with Crippen LogP contribution in [0.25, 0.3) is 16.8 Å². The molecule has 2 aromatic heterocycles. The molecule has 0 aliphatic rings. The number of aromatic nitrogens is 3. The number of imidazole rings is 1. The van der Waals surface area contributed by atoms with Gasteiger partial charge in [-0.05, 0) is 37.6 Å². The molecule has 0 aliphatic heterocycles. The molecular formula is C21H20N4O2. The molecule has 0 spiro atoms. The molecule has 4 aromatic rings. The van der Waals surface area contributed by atoms with Gasteiger partial charge in [0.05, 0.1) is 11.0 Å². The van der Waals surface area contributed by atoms with Crippen LogP contribution < -0.4 is 10.9 Å². The molecule has 0 saturated carbocycles. The average Bonchev–Trinajstić information content (AvgIpc) is 3.06. The highest BCUT2D eigenvalue weighted by Gasteiger charge is 2.18. The van der Waals surface area contributed by atoms with E-state index in [4.69, 9.17) is 0 Å². The fourth-order valence-electron chi connectivity index (χ4n) is 3.46. The van der Waals surface area contributed by atoms with E-state index in [2.05, 4.69) is 10.3 Å². The normalized spacial score (nSPS) is 11.2. The zero-order valence-electron chi connectivity index (χ0n) is 15.3. The third-order valence-electron chi connectivity index (χ3n) is 4.80. The van der Waals surface area contributed by atoms with Crippen LogP contribution in [0.5, 0.6) is 0 Å². The summed E-state index contributed by atoms with van der Waals surface area (Å²) < 4.78 is 3.43. The Balaban J connectivity index is 1.86. The van der Waals surface area contributed by atoms with E-state index >= 15 is 0 Å². The third-order valence-corrected chi connectivity index (χ3v) is 4.80. The summed E-state index contributed by atoms with van der Waals surface area (Å²) in [6.07, 6.45) is 0.591. The Morgan fingerprint density at radius 1 is 1.07 bits per heavy atom. The summed E-state index contributed by atoms with van der Waals surface area (Å²) in [5, 5.41) is 2.89. The van der Waals surface area contributed by atoms with Gasteiger partial charge in [-0.1, -0.05) is 37.3 Å². The lowest BCUT2D eigenvalue weighted by atomic mass is 10.2. The lowest BCUT2D eigenvalue weighted by Crippen LogP contribution is -2.28. The Hall–Kier alpha value is -3.41. The number of anilines is 1. The number of benzene rings is 2. The topological polar surface area (TPSA) is 68.4 Å². The second-order valence-electron chi connectivity index (χ2n) is 6.46. The van der Waals surface area contributed by atoms with Crippen LogP contribution in [0.2, 0.25) is 0 Å². The van der Waals surface area contributed by atoms with E-state index in [1.807, 2.05) is 73.0 Å². The van der Waals surface area contributed by atoms with Crippen molar-refractivity contribution in [1.29, 1.82) is 0 Å². The SMILES string of the molecule is CCc1c(C)n(CC(=O)Nc2ccccc2)c2nc3ccccc3n2c1=O. The molecule has 0 aliphatic carbocycles. The van der Waals surface area contributed by atoms with Crippen molar-refractivity contribution in [2.24, 2.45) is 0 Å². The van der Waals surface area contributed by atoms with Crippen molar-refractivity contribution in [1.82, 2.24) is 14.0 Å². The number of fused-ring (bicyclic) bond motifs is 3. The van der Waals surface area contributed by atoms with Gasteiger partial charge in [-0.2, -0.15) is 0 Å². The summed E-state index contributed by atoms with van der Waals surface area (Å²) in [6.45, 7) is 3.90. The predicted octanol–water partition coefficient (Wildman–Crippen LogP) is 3.16. The van der Waals surface area contributed by atoms with Crippen LogP contribution in [0.15, 0.2) is 59.4 Å². The monoisotopic (exact) mass is 360 g/mol. The molecule has 0 radical (unpaired) electrons. The van der Waals surface area contributed by atoms with Crippen molar-refractivity contribution in [3.05, 3.63) is 76.2 Å². The molecule has 0 fully saturated rings. The average molecular weight is 360 g/mol. The highest BCUT2D eigenvalue weighted by molar-refractivity contribution is 5.91. The molecule has 136 valence electrons. The largest absolute Gasteiger partial charge is 0.325 e. The standard InChI is InChI=1S/C21H20N4O2/c1-3-16-14(2)24(13-19(26)22-15-9-5-4-6-10-15)21-23-17-11-7-8-12-18(17)25(21)20(16)27/h4-12H,3,13H2,1-2H3,(H,22,26). The van der Waals surface area contributed by atoms with Crippen molar-refractivity contribution < 1.29 is 4.79 Å². The number of para-hydroxylation sites is 3. The van der Waals surface area contributed by atoms with Gasteiger partial charge in [0, 0.05) is 16.9 Å². The molecule has 0 unspecified atom stereocenters. The second-order valence-corrected chi connectivity index (χ2v) is 6.46. The summed E-state index contributed by atoms with van der Waals surface area (Å²) in [4.78, 5) is 30.2. The first kappa shape index (κ1) is 17.0. The number of nitrogens with one attached hydrogen (secondary N) is 1. The van der Waals surface area contributed by atoms with Crippen molar-refractivity contribution in [3.63, 3.8) is 0 Å². The van der Waals surface area contributed by atoms with E-state index in [1.165, 1.54) is 0 Å². The number of hydrogen-bond donors (Lipinski definition) is 1. The Kier molecular flexibility index (Phi) is 4.24. The molecule has 1 N–H and O–H groups in total. The maximum absolute atomic E-state index is 13.0. The number of carbonyl (C=O) groups excluding carboxylic acids is 1. The smallest absolute Gasteiger partial charge is 0.262 e. The van der Waals surface area contributed by atoms with Crippen molar-refractivity contribution in [2.75, 3.05) is 5.32 Å². The van der Waals surface area contributed by atoms with Crippen LogP contribution in [0.3, 0.4) is 0 Å². The lowest BCUT2D eigenvalue weighted by molar-refractivity contribution is -0.116. The zero-order chi connectivity index (χ0) is 19.0. The first-order valence-electron chi connectivity index (χ1n) is 8.94. The van der Waals surface area contributed by atoms with Gasteiger partial charge in [-0.3, -0.25) is 9.59 Å². The van der Waals surface area contributed by atoms with Gasteiger partial charge in [0.25, 0.3) is 5.56 Å². The zero-order valence-corrected chi connectivity index (χ0v) is 15.3. The summed E-state index contributed by atoms with van der Waals surface area (Å²) in [6, 6.07) is 16.8. The highest BCUT2D eigenvalue weighted by atomic mass is 16.2. The number of amides is 1. The summed E-state index contributed by atoms with van der Waals surface area (Å²) >= 11 is 0. The molecule has 0 atom stereocenters. The first-order valence-corrected chi connectivity index (χ1v) is 8.94. The summed E-state index contributed by atoms with van der Waals surface area (Å²) in [5.74, 6) is 0.322. The molecule has 2 heterocycles. The van der Waals surface area contributed by atoms with E-state index in [0.717, 1.165) is 22.4 Å². The maximum atomic E-state index is 13.0. The van der Waals surface area contributed by atoms with Crippen LogP contribution in [-0.2, 0) is 17.8 Å². The minimum atomic E-state index is -0.163. The number of rotatable bonds is 4. The number of nitrogens with zero attached hydrogens (tertiary/aromatic N) is 3. The molecule has 1 amide bonds. The lowest BCUT2D eigenvalue weighted by Gasteiger charge is -2.15. The molecule has 4 rings (SSSR count). The van der Waals surface area contributed by atoms with Crippen LogP contribution in [-0.4, -0.2) is 19.9 Å². The van der Waals surface area contributed by atoms with Crippen LogP contribution in [0, 0.1) is 6.92 Å². The van der Waals surface area contributed by atoms with Crippen LogP contribution >= 0.6 is 0 Å². The van der Waals surface area contributed by atoms with E-state index in [0.29, 0.717) is 17.8 Å². The molecule has 27 heavy (non-hydrogen) atoms. The van der Waals surface area contributed by atoms with E-state index in [-0.39, 0.29) is 18.0 Å². The minimum Gasteiger partial charge on any atom is -0.325 e. The first-order chi connectivity index (χ1) is 13.1. The quantitative estimate of drug-likeness (QED) is 0.608. The fraction of sp³-hybridized carbons (Fsp3) is 0.190. The molecule has 6 nitrogen and oxygen atoms in total. The van der Waals surface area contributed by atoms with Crippen molar-refractivity contribution in [2.45, 2.75) is 26.8 Å². The predicted molar refractivity (Wildman–Crippen MR) is 106 cm³/mol. The molecule has 6 heteroatoms. The van der Waals surface area contributed by atoms with Gasteiger partial charge in [0.2, 0.25) is 11.7 Å². The highest BCUT2D eigenvalue weighted by Crippen LogP contribution is 2.18. The van der Waals surface area contributed by atoms with Gasteiger partial charge in [-0.25, -0.2) is 9.38 Å². The van der Waals surface area contributed by atoms with Gasteiger partial charge in [0.1, 0.15) is 6.54 Å². The van der Waals surface area contributed by atoms with Gasteiger partial charge in [0.15, 0.2) is 0 Å². The summed E-state index contributed by atoms with van der Waals surface area (Å²) in [7, 11) is 0. The Morgan fingerprint density at radius 3 is 2.52 bits per heavy atom. The minimum absolute atomic E-state index is 0.0709. The Labute approximate surface area is 156 Å². The number of hydrogen-bond acceptors (Lipinski definition) is 3. The molecule has 0 bridgehead atoms. The van der Waals surface area contributed by atoms with Crippen LogP contribution in [0.1, 0.15) is 18.2 Å². The van der Waals surface area contributed by atoms with Gasteiger partial charge in [-0.15, -0.1) is 0 Å². The third kappa shape index (κ3) is 2.89. The molecule has 2 aromatic carbocycles. The molecule has 0 saturated heterocycles. The van der Waals surface area contributed by atoms with E-state index in [1.54, 1.807) is 4.40 Å². The Bertz CT molecular complexity index is 1210. The Morgan fingerprint density at radius 2 is 1.78 bits per heavy atom. The summed E-state index contributed by atoms with van der Waals surface area (Å²) in [5.41, 5.74) is 3.62. The second kappa shape index (κ2) is 6.72.